The van der Waals surface area contributed by atoms with E-state index in [9.17, 15) is 4.79 Å². The molecule has 2 N–H and O–H groups in total. The van der Waals surface area contributed by atoms with Gasteiger partial charge in [0.1, 0.15) is 0 Å². The molecule has 0 bridgehead atoms. The van der Waals surface area contributed by atoms with Crippen LogP contribution < -0.4 is 5.32 Å². The van der Waals surface area contributed by atoms with Gasteiger partial charge >= 0.3 is 0 Å². The quantitative estimate of drug-likeness (QED) is 0.843. The molecule has 1 aromatic heterocycles. The number of rotatable bonds is 4. The third kappa shape index (κ3) is 3.55. The SMILES string of the molecule is Cc1ccccc1C(C)NC(=O)Cc1sc(=S)[nH]c1C. The van der Waals surface area contributed by atoms with Gasteiger partial charge in [0, 0.05) is 10.6 Å². The van der Waals surface area contributed by atoms with E-state index in [1.807, 2.05) is 32.0 Å². The van der Waals surface area contributed by atoms with Crippen LogP contribution in [0.2, 0.25) is 0 Å². The summed E-state index contributed by atoms with van der Waals surface area (Å²) in [5, 5.41) is 3.04. The first-order valence-corrected chi connectivity index (χ1v) is 7.73. The number of carbonyl (C=O) groups excluding carboxylic acids is 1. The minimum atomic E-state index is 0.0101. The number of benzene rings is 1. The van der Waals surface area contributed by atoms with Gasteiger partial charge in [-0.25, -0.2) is 0 Å². The second-order valence-electron chi connectivity index (χ2n) is 4.89. The Balaban J connectivity index is 2.03. The van der Waals surface area contributed by atoms with Gasteiger partial charge in [0.2, 0.25) is 5.91 Å². The molecule has 0 fully saturated rings. The molecule has 0 saturated carbocycles. The molecular weight excluding hydrogens is 288 g/mol. The lowest BCUT2D eigenvalue weighted by Crippen LogP contribution is -2.28. The highest BCUT2D eigenvalue weighted by molar-refractivity contribution is 7.73. The van der Waals surface area contributed by atoms with E-state index in [-0.39, 0.29) is 11.9 Å². The normalized spacial score (nSPS) is 12.2. The summed E-state index contributed by atoms with van der Waals surface area (Å²) in [6, 6.07) is 8.11. The van der Waals surface area contributed by atoms with Crippen LogP contribution >= 0.6 is 23.6 Å². The molecule has 2 rings (SSSR count). The van der Waals surface area contributed by atoms with Gasteiger partial charge in [-0.2, -0.15) is 0 Å². The third-order valence-corrected chi connectivity index (χ3v) is 4.61. The molecule has 1 heterocycles. The van der Waals surface area contributed by atoms with E-state index in [2.05, 4.69) is 23.3 Å². The molecule has 0 aliphatic carbocycles. The number of hydrogen-bond acceptors (Lipinski definition) is 3. The zero-order valence-corrected chi connectivity index (χ0v) is 13.5. The van der Waals surface area contributed by atoms with E-state index in [0.717, 1.165) is 20.1 Å². The number of hydrogen-bond donors (Lipinski definition) is 2. The number of aromatic nitrogens is 1. The predicted molar refractivity (Wildman–Crippen MR) is 85.7 cm³/mol. The summed E-state index contributed by atoms with van der Waals surface area (Å²) in [5.41, 5.74) is 3.33. The molecule has 0 aliphatic rings. The first-order chi connectivity index (χ1) is 9.47. The molecule has 1 unspecified atom stereocenters. The maximum absolute atomic E-state index is 12.1. The number of aromatic amines is 1. The van der Waals surface area contributed by atoms with Crippen molar-refractivity contribution in [1.82, 2.24) is 10.3 Å². The number of aryl methyl sites for hydroxylation is 2. The third-order valence-electron chi connectivity index (χ3n) is 3.28. The van der Waals surface area contributed by atoms with Crippen LogP contribution in [0.4, 0.5) is 0 Å². The van der Waals surface area contributed by atoms with Gasteiger partial charge in [0.25, 0.3) is 0 Å². The van der Waals surface area contributed by atoms with Crippen molar-refractivity contribution in [2.24, 2.45) is 0 Å². The Kier molecular flexibility index (Phi) is 4.73. The van der Waals surface area contributed by atoms with Gasteiger partial charge in [-0.05, 0) is 44.1 Å². The molecule has 5 heteroatoms. The largest absolute Gasteiger partial charge is 0.349 e. The van der Waals surface area contributed by atoms with E-state index in [1.54, 1.807) is 0 Å². The molecule has 0 radical (unpaired) electrons. The van der Waals surface area contributed by atoms with Crippen LogP contribution in [-0.4, -0.2) is 10.9 Å². The molecule has 2 aromatic rings. The van der Waals surface area contributed by atoms with E-state index < -0.39 is 0 Å². The monoisotopic (exact) mass is 306 g/mol. The minimum absolute atomic E-state index is 0.0101. The summed E-state index contributed by atoms with van der Waals surface area (Å²) in [5.74, 6) is 0.0223. The van der Waals surface area contributed by atoms with E-state index in [0.29, 0.717) is 6.42 Å². The molecule has 0 spiro atoms. The van der Waals surface area contributed by atoms with Crippen molar-refractivity contribution >= 4 is 29.5 Å². The number of nitrogens with one attached hydrogen (secondary N) is 2. The van der Waals surface area contributed by atoms with Crippen LogP contribution in [0.25, 0.3) is 0 Å². The van der Waals surface area contributed by atoms with Crippen LogP contribution in [0.3, 0.4) is 0 Å². The second-order valence-corrected chi connectivity index (χ2v) is 6.66. The number of thiazole rings is 1. The fourth-order valence-corrected chi connectivity index (χ4v) is 3.48. The van der Waals surface area contributed by atoms with Crippen LogP contribution in [0.1, 0.15) is 34.7 Å². The van der Waals surface area contributed by atoms with Gasteiger partial charge in [-0.3, -0.25) is 4.79 Å². The summed E-state index contributed by atoms with van der Waals surface area (Å²) >= 11 is 6.55. The summed E-state index contributed by atoms with van der Waals surface area (Å²) in [6.45, 7) is 6.01. The van der Waals surface area contributed by atoms with Crippen LogP contribution in [-0.2, 0) is 11.2 Å². The molecule has 1 atom stereocenters. The molecule has 106 valence electrons. The molecular formula is C15H18N2OS2. The Morgan fingerprint density at radius 3 is 2.70 bits per heavy atom. The Morgan fingerprint density at radius 1 is 1.40 bits per heavy atom. The molecule has 0 saturated heterocycles. The highest BCUT2D eigenvalue weighted by Crippen LogP contribution is 2.18. The van der Waals surface area contributed by atoms with Crippen molar-refractivity contribution in [1.29, 1.82) is 0 Å². The maximum atomic E-state index is 12.1. The standard InChI is InChI=1S/C15H18N2OS2/c1-9-6-4-5-7-12(9)10(2)16-14(18)8-13-11(3)17-15(19)20-13/h4-7,10H,8H2,1-3H3,(H,16,18)(H,17,19). The number of H-pyrrole nitrogens is 1. The van der Waals surface area contributed by atoms with Crippen molar-refractivity contribution in [3.63, 3.8) is 0 Å². The van der Waals surface area contributed by atoms with Crippen molar-refractivity contribution in [3.05, 3.63) is 49.9 Å². The van der Waals surface area contributed by atoms with Gasteiger partial charge in [-0.15, -0.1) is 11.3 Å². The highest BCUT2D eigenvalue weighted by Gasteiger charge is 2.13. The average molecular weight is 306 g/mol. The zero-order chi connectivity index (χ0) is 14.7. The first-order valence-electron chi connectivity index (χ1n) is 6.51. The molecule has 3 nitrogen and oxygen atoms in total. The Morgan fingerprint density at radius 2 is 2.10 bits per heavy atom. The first kappa shape index (κ1) is 14.9. The molecule has 20 heavy (non-hydrogen) atoms. The molecule has 1 aromatic carbocycles. The fraction of sp³-hybridized carbons (Fsp3) is 0.333. The lowest BCUT2D eigenvalue weighted by atomic mass is 10.0. The number of amides is 1. The molecule has 1 amide bonds. The van der Waals surface area contributed by atoms with E-state index in [4.69, 9.17) is 12.2 Å². The average Bonchev–Trinajstić information content (AvgIpc) is 2.68. The van der Waals surface area contributed by atoms with Crippen molar-refractivity contribution in [2.45, 2.75) is 33.2 Å². The van der Waals surface area contributed by atoms with Crippen molar-refractivity contribution < 1.29 is 4.79 Å². The van der Waals surface area contributed by atoms with Gasteiger partial charge in [0.05, 0.1) is 12.5 Å². The lowest BCUT2D eigenvalue weighted by Gasteiger charge is -2.16. The Hall–Kier alpha value is -1.46. The highest BCUT2D eigenvalue weighted by atomic mass is 32.1. The minimum Gasteiger partial charge on any atom is -0.349 e. The van der Waals surface area contributed by atoms with Crippen molar-refractivity contribution in [2.75, 3.05) is 0 Å². The van der Waals surface area contributed by atoms with E-state index >= 15 is 0 Å². The zero-order valence-electron chi connectivity index (χ0n) is 11.8. The van der Waals surface area contributed by atoms with Crippen LogP contribution in [0, 0.1) is 17.8 Å². The fourth-order valence-electron chi connectivity index (χ4n) is 2.19. The van der Waals surface area contributed by atoms with Gasteiger partial charge < -0.3 is 10.3 Å². The summed E-state index contributed by atoms with van der Waals surface area (Å²) < 4.78 is 0.720. The Labute approximate surface area is 128 Å². The second kappa shape index (κ2) is 6.33. The maximum Gasteiger partial charge on any atom is 0.225 e. The summed E-state index contributed by atoms with van der Waals surface area (Å²) in [7, 11) is 0. The Bertz CT molecular complexity index is 673. The van der Waals surface area contributed by atoms with Gasteiger partial charge in [0.15, 0.2) is 3.95 Å². The summed E-state index contributed by atoms with van der Waals surface area (Å²) in [4.78, 5) is 16.2. The topological polar surface area (TPSA) is 44.9 Å². The summed E-state index contributed by atoms with van der Waals surface area (Å²) in [6.07, 6.45) is 0.375. The number of carbonyl (C=O) groups is 1. The lowest BCUT2D eigenvalue weighted by molar-refractivity contribution is -0.121. The van der Waals surface area contributed by atoms with Crippen molar-refractivity contribution in [3.8, 4) is 0 Å². The van der Waals surface area contributed by atoms with Crippen LogP contribution in [0.15, 0.2) is 24.3 Å². The smallest absolute Gasteiger partial charge is 0.225 e. The van der Waals surface area contributed by atoms with Crippen LogP contribution in [0.5, 0.6) is 0 Å². The van der Waals surface area contributed by atoms with E-state index in [1.165, 1.54) is 16.9 Å². The predicted octanol–water partition coefficient (Wildman–Crippen LogP) is 3.84. The van der Waals surface area contributed by atoms with Gasteiger partial charge in [-0.1, -0.05) is 24.3 Å². The molecule has 0 aliphatic heterocycles.